The quantitative estimate of drug-likeness (QED) is 0.550. The fraction of sp³-hybridized carbons (Fsp3) is 0.143. The molecule has 1 unspecified atom stereocenters. The first-order chi connectivity index (χ1) is 9.78. The Balaban J connectivity index is 1.92. The molecule has 0 radical (unpaired) electrons. The van der Waals surface area contributed by atoms with Crippen LogP contribution in [0.25, 0.3) is 5.69 Å². The third-order valence-corrected chi connectivity index (χ3v) is 3.12. The second-order valence-electron chi connectivity index (χ2n) is 4.53. The van der Waals surface area contributed by atoms with Crippen molar-refractivity contribution in [2.24, 2.45) is 12.9 Å². The van der Waals surface area contributed by atoms with E-state index in [9.17, 15) is 0 Å². The highest BCUT2D eigenvalue weighted by Gasteiger charge is 2.18. The van der Waals surface area contributed by atoms with Crippen LogP contribution >= 0.6 is 0 Å². The smallest absolute Gasteiger partial charge is 0.109 e. The van der Waals surface area contributed by atoms with Crippen LogP contribution in [0.15, 0.2) is 54.9 Å². The third kappa shape index (κ3) is 2.34. The fourth-order valence-electron chi connectivity index (χ4n) is 2.13. The van der Waals surface area contributed by atoms with Crippen LogP contribution in [0.1, 0.15) is 17.4 Å². The van der Waals surface area contributed by atoms with Crippen molar-refractivity contribution in [2.45, 2.75) is 6.04 Å². The lowest BCUT2D eigenvalue weighted by Gasteiger charge is -2.10. The van der Waals surface area contributed by atoms with Gasteiger partial charge in [-0.3, -0.25) is 10.5 Å². The number of hydrazine groups is 1. The molecule has 0 spiro atoms. The highest BCUT2D eigenvalue weighted by atomic mass is 15.3. The maximum Gasteiger partial charge on any atom is 0.109 e. The van der Waals surface area contributed by atoms with Crippen molar-refractivity contribution in [3.8, 4) is 5.69 Å². The molecule has 2 heterocycles. The summed E-state index contributed by atoms with van der Waals surface area (Å²) in [5.74, 6) is 5.65. The summed E-state index contributed by atoms with van der Waals surface area (Å²) in [7, 11) is 1.87. The molecule has 0 bridgehead atoms. The first-order valence-corrected chi connectivity index (χ1v) is 6.34. The van der Waals surface area contributed by atoms with Gasteiger partial charge < -0.3 is 0 Å². The second kappa shape index (κ2) is 5.28. The number of hydrogen-bond donors (Lipinski definition) is 2. The first-order valence-electron chi connectivity index (χ1n) is 6.34. The Morgan fingerprint density at radius 2 is 1.70 bits per heavy atom. The van der Waals surface area contributed by atoms with Crippen molar-refractivity contribution in [1.29, 1.82) is 0 Å². The molecule has 0 saturated heterocycles. The van der Waals surface area contributed by atoms with Gasteiger partial charge in [0.15, 0.2) is 0 Å². The van der Waals surface area contributed by atoms with E-state index in [4.69, 9.17) is 5.84 Å². The van der Waals surface area contributed by atoms with E-state index in [0.29, 0.717) is 0 Å². The molecule has 1 atom stereocenters. The minimum Gasteiger partial charge on any atom is -0.275 e. The zero-order chi connectivity index (χ0) is 13.9. The number of para-hydroxylation sites is 1. The Bertz CT molecular complexity index is 685. The van der Waals surface area contributed by atoms with Crippen molar-refractivity contribution in [3.05, 3.63) is 66.2 Å². The summed E-state index contributed by atoms with van der Waals surface area (Å²) in [6.45, 7) is 0. The summed E-state index contributed by atoms with van der Waals surface area (Å²) >= 11 is 0. The van der Waals surface area contributed by atoms with Crippen molar-refractivity contribution in [3.63, 3.8) is 0 Å². The monoisotopic (exact) mass is 268 g/mol. The van der Waals surface area contributed by atoms with Crippen molar-refractivity contribution in [1.82, 2.24) is 25.0 Å². The van der Waals surface area contributed by atoms with E-state index in [-0.39, 0.29) is 6.04 Å². The average molecular weight is 268 g/mol. The summed E-state index contributed by atoms with van der Waals surface area (Å²) in [4.78, 5) is 0. The minimum absolute atomic E-state index is 0.221. The molecule has 0 aliphatic rings. The number of benzene rings is 1. The molecule has 2 aromatic heterocycles. The molecule has 3 N–H and O–H groups in total. The SMILES string of the molecule is Cn1ccc(C(NN)c2ccn(-c3ccccc3)n2)n1. The van der Waals surface area contributed by atoms with E-state index in [2.05, 4.69) is 15.6 Å². The third-order valence-electron chi connectivity index (χ3n) is 3.12. The lowest BCUT2D eigenvalue weighted by molar-refractivity contribution is 0.584. The maximum absolute atomic E-state index is 5.65. The van der Waals surface area contributed by atoms with Gasteiger partial charge in [-0.2, -0.15) is 10.2 Å². The Morgan fingerprint density at radius 1 is 1.00 bits per heavy atom. The first kappa shape index (κ1) is 12.6. The molecule has 0 amide bonds. The van der Waals surface area contributed by atoms with Crippen molar-refractivity contribution >= 4 is 0 Å². The highest BCUT2D eigenvalue weighted by molar-refractivity contribution is 5.31. The van der Waals surface area contributed by atoms with Crippen LogP contribution in [0.2, 0.25) is 0 Å². The molecule has 3 rings (SSSR count). The summed E-state index contributed by atoms with van der Waals surface area (Å²) in [5.41, 5.74) is 5.44. The maximum atomic E-state index is 5.65. The number of aromatic nitrogens is 4. The zero-order valence-electron chi connectivity index (χ0n) is 11.1. The van der Waals surface area contributed by atoms with Gasteiger partial charge in [0.05, 0.1) is 17.1 Å². The van der Waals surface area contributed by atoms with Crippen LogP contribution < -0.4 is 11.3 Å². The van der Waals surface area contributed by atoms with Gasteiger partial charge in [0.1, 0.15) is 6.04 Å². The van der Waals surface area contributed by atoms with Crippen molar-refractivity contribution < 1.29 is 0 Å². The average Bonchev–Trinajstić information content (AvgIpc) is 3.11. The van der Waals surface area contributed by atoms with Gasteiger partial charge in [-0.15, -0.1) is 0 Å². The van der Waals surface area contributed by atoms with E-state index < -0.39 is 0 Å². The van der Waals surface area contributed by atoms with Crippen molar-refractivity contribution in [2.75, 3.05) is 0 Å². The van der Waals surface area contributed by atoms with E-state index in [1.807, 2.05) is 66.6 Å². The van der Waals surface area contributed by atoms with Gasteiger partial charge in [-0.25, -0.2) is 10.1 Å². The molecule has 102 valence electrons. The molecule has 0 aliphatic carbocycles. The molecule has 0 fully saturated rings. The van der Waals surface area contributed by atoms with Crippen LogP contribution in [0.4, 0.5) is 0 Å². The van der Waals surface area contributed by atoms with Gasteiger partial charge >= 0.3 is 0 Å². The lowest BCUT2D eigenvalue weighted by Crippen LogP contribution is -2.29. The summed E-state index contributed by atoms with van der Waals surface area (Å²) < 4.78 is 3.57. The standard InChI is InChI=1S/C14H16N6/c1-19-9-7-12(17-19)14(16-15)13-8-10-20(18-13)11-5-3-2-4-6-11/h2-10,14,16H,15H2,1H3. The molecule has 20 heavy (non-hydrogen) atoms. The highest BCUT2D eigenvalue weighted by Crippen LogP contribution is 2.18. The van der Waals surface area contributed by atoms with Crippen LogP contribution in [0, 0.1) is 0 Å². The van der Waals surface area contributed by atoms with Crippen LogP contribution in [-0.4, -0.2) is 19.6 Å². The van der Waals surface area contributed by atoms with Crippen LogP contribution in [0.5, 0.6) is 0 Å². The molecular weight excluding hydrogens is 252 g/mol. The number of rotatable bonds is 4. The predicted molar refractivity (Wildman–Crippen MR) is 75.9 cm³/mol. The molecule has 1 aromatic carbocycles. The van der Waals surface area contributed by atoms with E-state index in [1.54, 1.807) is 4.68 Å². The topological polar surface area (TPSA) is 73.7 Å². The molecule has 6 heteroatoms. The molecule has 6 nitrogen and oxygen atoms in total. The van der Waals surface area contributed by atoms with Gasteiger partial charge in [-0.05, 0) is 24.3 Å². The summed E-state index contributed by atoms with van der Waals surface area (Å²) in [6.07, 6.45) is 3.80. The van der Waals surface area contributed by atoms with E-state index >= 15 is 0 Å². The molecular formula is C14H16N6. The lowest BCUT2D eigenvalue weighted by atomic mass is 10.1. The molecule has 0 saturated carbocycles. The molecule has 0 aliphatic heterocycles. The fourth-order valence-corrected chi connectivity index (χ4v) is 2.13. The summed E-state index contributed by atoms with van der Waals surface area (Å²) in [6, 6.07) is 13.6. The normalized spacial score (nSPS) is 12.5. The number of nitrogens with two attached hydrogens (primary N) is 1. The Morgan fingerprint density at radius 3 is 2.35 bits per heavy atom. The largest absolute Gasteiger partial charge is 0.275 e. The number of aryl methyl sites for hydroxylation is 1. The van der Waals surface area contributed by atoms with E-state index in [0.717, 1.165) is 17.1 Å². The Labute approximate surface area is 116 Å². The van der Waals surface area contributed by atoms with Gasteiger partial charge in [-0.1, -0.05) is 18.2 Å². The van der Waals surface area contributed by atoms with Gasteiger partial charge in [0, 0.05) is 19.4 Å². The molecule has 3 aromatic rings. The Hall–Kier alpha value is -2.44. The second-order valence-corrected chi connectivity index (χ2v) is 4.53. The van der Waals surface area contributed by atoms with Crippen LogP contribution in [-0.2, 0) is 7.05 Å². The van der Waals surface area contributed by atoms with Crippen LogP contribution in [0.3, 0.4) is 0 Å². The number of nitrogens with one attached hydrogen (secondary N) is 1. The predicted octanol–water partition coefficient (Wildman–Crippen LogP) is 1.16. The number of nitrogens with zero attached hydrogens (tertiary/aromatic N) is 4. The van der Waals surface area contributed by atoms with E-state index in [1.165, 1.54) is 0 Å². The zero-order valence-corrected chi connectivity index (χ0v) is 11.1. The number of hydrogen-bond acceptors (Lipinski definition) is 4. The Kier molecular flexibility index (Phi) is 3.32. The minimum atomic E-state index is -0.221. The van der Waals surface area contributed by atoms with Gasteiger partial charge in [0.25, 0.3) is 0 Å². The summed E-state index contributed by atoms with van der Waals surface area (Å²) in [5, 5.41) is 8.93. The van der Waals surface area contributed by atoms with Gasteiger partial charge in [0.2, 0.25) is 0 Å².